The third kappa shape index (κ3) is 6.25. The van der Waals surface area contributed by atoms with Gasteiger partial charge in [0.05, 0.1) is 6.61 Å². The van der Waals surface area contributed by atoms with Gasteiger partial charge in [0, 0.05) is 31.8 Å². The average molecular weight is 215 g/mol. The first-order chi connectivity index (χ1) is 6.99. The lowest BCUT2D eigenvalue weighted by Crippen LogP contribution is -2.34. The minimum Gasteiger partial charge on any atom is -0.478 e. The number of carboxylic acid groups (broad SMARTS) is 1. The van der Waals surface area contributed by atoms with E-state index in [1.807, 2.05) is 0 Å². The molecule has 0 radical (unpaired) electrons. The molecule has 0 aliphatic rings. The molecule has 0 aromatic rings. The molecule has 0 aromatic heterocycles. The molecule has 0 unspecified atom stereocenters. The highest BCUT2D eigenvalue weighted by Gasteiger charge is 2.08. The van der Waals surface area contributed by atoms with E-state index >= 15 is 0 Å². The highest BCUT2D eigenvalue weighted by Crippen LogP contribution is 2.00. The fourth-order valence-electron chi connectivity index (χ4n) is 1.11. The van der Waals surface area contributed by atoms with Crippen LogP contribution in [0.4, 0.5) is 0 Å². The number of nitrogens with zero attached hydrogens (tertiary/aromatic N) is 1. The largest absolute Gasteiger partial charge is 0.478 e. The highest BCUT2D eigenvalue weighted by molar-refractivity contribution is 5.85. The van der Waals surface area contributed by atoms with Crippen LogP contribution >= 0.6 is 0 Å². The maximum Gasteiger partial charge on any atom is 0.330 e. The Hall–Kier alpha value is -0.870. The number of aliphatic carboxylic acids is 1. The van der Waals surface area contributed by atoms with Crippen LogP contribution in [0.3, 0.4) is 0 Å². The summed E-state index contributed by atoms with van der Waals surface area (Å²) >= 11 is 0. The second-order valence-electron chi connectivity index (χ2n) is 3.77. The van der Waals surface area contributed by atoms with E-state index in [0.717, 1.165) is 6.54 Å². The van der Waals surface area contributed by atoms with E-state index in [-0.39, 0.29) is 0 Å². The lowest BCUT2D eigenvalue weighted by atomic mass is 10.2. The first-order valence-corrected chi connectivity index (χ1v) is 5.12. The van der Waals surface area contributed by atoms with Crippen molar-refractivity contribution in [1.29, 1.82) is 0 Å². The fraction of sp³-hybridized carbons (Fsp3) is 0.727. The van der Waals surface area contributed by atoms with Crippen LogP contribution in [0.15, 0.2) is 11.6 Å². The van der Waals surface area contributed by atoms with Crippen LogP contribution in [0.1, 0.15) is 20.8 Å². The molecule has 1 N–H and O–H groups in total. The molecule has 0 spiro atoms. The average Bonchev–Trinajstić information content (AvgIpc) is 2.16. The monoisotopic (exact) mass is 215 g/mol. The van der Waals surface area contributed by atoms with Crippen molar-refractivity contribution in [3.05, 3.63) is 11.6 Å². The summed E-state index contributed by atoms with van der Waals surface area (Å²) in [6.07, 6.45) is 1.73. The Labute approximate surface area is 91.5 Å². The van der Waals surface area contributed by atoms with Crippen molar-refractivity contribution in [3.63, 3.8) is 0 Å². The number of carboxylic acids is 1. The molecule has 0 amide bonds. The van der Waals surface area contributed by atoms with E-state index in [1.165, 1.54) is 0 Å². The van der Waals surface area contributed by atoms with E-state index < -0.39 is 5.97 Å². The van der Waals surface area contributed by atoms with Crippen LogP contribution in [0.25, 0.3) is 0 Å². The van der Waals surface area contributed by atoms with Gasteiger partial charge in [-0.1, -0.05) is 6.08 Å². The first kappa shape index (κ1) is 14.1. The molecular formula is C11H21NO3. The van der Waals surface area contributed by atoms with Gasteiger partial charge in [-0.25, -0.2) is 4.79 Å². The molecule has 0 aliphatic carbocycles. The van der Waals surface area contributed by atoms with Gasteiger partial charge in [-0.3, -0.25) is 4.90 Å². The second-order valence-corrected chi connectivity index (χ2v) is 3.77. The number of carbonyl (C=O) groups is 1. The Kier molecular flexibility index (Phi) is 6.99. The van der Waals surface area contributed by atoms with Crippen LogP contribution in [-0.2, 0) is 9.53 Å². The molecule has 4 heteroatoms. The third-order valence-corrected chi connectivity index (χ3v) is 2.28. The summed E-state index contributed by atoms with van der Waals surface area (Å²) < 4.78 is 5.00. The zero-order valence-electron chi connectivity index (χ0n) is 9.99. The van der Waals surface area contributed by atoms with Crippen LogP contribution in [0, 0.1) is 0 Å². The minimum absolute atomic E-state index is 0.387. The summed E-state index contributed by atoms with van der Waals surface area (Å²) in [5.74, 6) is -0.856. The molecule has 88 valence electrons. The lowest BCUT2D eigenvalue weighted by molar-refractivity contribution is -0.132. The van der Waals surface area contributed by atoms with Crippen molar-refractivity contribution in [2.24, 2.45) is 0 Å². The van der Waals surface area contributed by atoms with Crippen LogP contribution in [0.5, 0.6) is 0 Å². The zero-order chi connectivity index (χ0) is 11.8. The van der Waals surface area contributed by atoms with Gasteiger partial charge >= 0.3 is 5.97 Å². The van der Waals surface area contributed by atoms with Gasteiger partial charge in [0.2, 0.25) is 0 Å². The molecule has 0 bridgehead atoms. The van der Waals surface area contributed by atoms with Crippen molar-refractivity contribution in [2.75, 3.05) is 26.8 Å². The fourth-order valence-corrected chi connectivity index (χ4v) is 1.11. The summed E-state index contributed by atoms with van der Waals surface area (Å²) in [6.45, 7) is 7.91. The van der Waals surface area contributed by atoms with Crippen LogP contribution < -0.4 is 0 Å². The molecule has 0 atom stereocenters. The van der Waals surface area contributed by atoms with Crippen LogP contribution in [0.2, 0.25) is 0 Å². The predicted molar refractivity (Wildman–Crippen MR) is 60.0 cm³/mol. The third-order valence-electron chi connectivity index (χ3n) is 2.28. The van der Waals surface area contributed by atoms with E-state index in [1.54, 1.807) is 20.1 Å². The van der Waals surface area contributed by atoms with E-state index in [2.05, 4.69) is 18.7 Å². The van der Waals surface area contributed by atoms with E-state index in [0.29, 0.717) is 24.8 Å². The van der Waals surface area contributed by atoms with Gasteiger partial charge in [0.25, 0.3) is 0 Å². The Morgan fingerprint density at radius 1 is 1.53 bits per heavy atom. The molecule has 0 fully saturated rings. The standard InChI is InChI=1S/C11H21NO3/c1-9(2)12(7-8-15-4)6-5-10(3)11(13)14/h5,9H,6-8H2,1-4H3,(H,13,14)/b10-5-. The molecule has 0 rings (SSSR count). The van der Waals surface area contributed by atoms with Crippen molar-refractivity contribution < 1.29 is 14.6 Å². The lowest BCUT2D eigenvalue weighted by Gasteiger charge is -2.24. The second kappa shape index (κ2) is 7.43. The molecular weight excluding hydrogens is 194 g/mol. The number of ether oxygens (including phenoxy) is 1. The smallest absolute Gasteiger partial charge is 0.330 e. The van der Waals surface area contributed by atoms with Crippen molar-refractivity contribution >= 4 is 5.97 Å². The molecule has 0 saturated heterocycles. The molecule has 4 nitrogen and oxygen atoms in total. The van der Waals surface area contributed by atoms with Gasteiger partial charge in [0.15, 0.2) is 0 Å². The minimum atomic E-state index is -0.856. The molecule has 15 heavy (non-hydrogen) atoms. The Balaban J connectivity index is 4.17. The predicted octanol–water partition coefficient (Wildman–Crippen LogP) is 1.37. The first-order valence-electron chi connectivity index (χ1n) is 5.12. The van der Waals surface area contributed by atoms with Crippen molar-refractivity contribution in [3.8, 4) is 0 Å². The molecule has 0 aliphatic heterocycles. The van der Waals surface area contributed by atoms with Gasteiger partial charge in [-0.2, -0.15) is 0 Å². The van der Waals surface area contributed by atoms with Crippen molar-refractivity contribution in [2.45, 2.75) is 26.8 Å². The normalized spacial score (nSPS) is 12.5. The van der Waals surface area contributed by atoms with E-state index in [4.69, 9.17) is 9.84 Å². The van der Waals surface area contributed by atoms with Crippen LogP contribution in [-0.4, -0.2) is 48.8 Å². The molecule has 0 saturated carbocycles. The summed E-state index contributed by atoms with van der Waals surface area (Å²) in [6, 6.07) is 0.387. The highest BCUT2D eigenvalue weighted by atomic mass is 16.5. The zero-order valence-corrected chi connectivity index (χ0v) is 9.99. The summed E-state index contributed by atoms with van der Waals surface area (Å²) in [5.41, 5.74) is 0.387. The Morgan fingerprint density at radius 3 is 2.53 bits per heavy atom. The SMILES string of the molecule is COCCN(C/C=C(/C)C(=O)O)C(C)C. The number of methoxy groups -OCH3 is 1. The topological polar surface area (TPSA) is 49.8 Å². The summed E-state index contributed by atoms with van der Waals surface area (Å²) in [5, 5.41) is 8.70. The molecule has 0 aromatic carbocycles. The number of hydrogen-bond donors (Lipinski definition) is 1. The molecule has 0 heterocycles. The maximum atomic E-state index is 10.6. The number of hydrogen-bond acceptors (Lipinski definition) is 3. The maximum absolute atomic E-state index is 10.6. The van der Waals surface area contributed by atoms with Gasteiger partial charge in [-0.05, 0) is 20.8 Å². The van der Waals surface area contributed by atoms with Gasteiger partial charge < -0.3 is 9.84 Å². The van der Waals surface area contributed by atoms with Gasteiger partial charge in [-0.15, -0.1) is 0 Å². The Morgan fingerprint density at radius 2 is 2.13 bits per heavy atom. The quantitative estimate of drug-likeness (QED) is 0.652. The van der Waals surface area contributed by atoms with Gasteiger partial charge in [0.1, 0.15) is 0 Å². The summed E-state index contributed by atoms with van der Waals surface area (Å²) in [4.78, 5) is 12.7. The Bertz CT molecular complexity index is 224. The van der Waals surface area contributed by atoms with Crippen molar-refractivity contribution in [1.82, 2.24) is 4.90 Å². The summed E-state index contributed by atoms with van der Waals surface area (Å²) in [7, 11) is 1.66. The number of rotatable bonds is 7. The van der Waals surface area contributed by atoms with E-state index in [9.17, 15) is 4.79 Å².